The largest absolute Gasteiger partial charge is 0.468 e. The highest BCUT2D eigenvalue weighted by molar-refractivity contribution is 5.78. The van der Waals surface area contributed by atoms with Crippen molar-refractivity contribution >= 4 is 11.8 Å². The van der Waals surface area contributed by atoms with Gasteiger partial charge < -0.3 is 10.5 Å². The number of carbonyl (C=O) groups is 2. The minimum atomic E-state index is -0.595. The molecule has 1 atom stereocenters. The Morgan fingerprint density at radius 1 is 1.19 bits per heavy atom. The van der Waals surface area contributed by atoms with Gasteiger partial charge in [-0.2, -0.15) is 0 Å². The van der Waals surface area contributed by atoms with Crippen LogP contribution in [-0.4, -0.2) is 24.9 Å². The number of methoxy groups -OCH3 is 1. The monoisotopic (exact) mass is 229 g/mol. The molecule has 94 valence electrons. The molecular formula is C12H23NO3. The number of nitrogens with two attached hydrogens (primary N) is 1. The Morgan fingerprint density at radius 3 is 2.31 bits per heavy atom. The first-order valence-corrected chi connectivity index (χ1v) is 5.82. The van der Waals surface area contributed by atoms with Gasteiger partial charge in [0.15, 0.2) is 0 Å². The van der Waals surface area contributed by atoms with E-state index in [1.54, 1.807) is 0 Å². The number of hydrogen-bond donors (Lipinski definition) is 1. The fourth-order valence-corrected chi connectivity index (χ4v) is 1.36. The van der Waals surface area contributed by atoms with Crippen LogP contribution in [0, 0.1) is 5.92 Å². The fourth-order valence-electron chi connectivity index (χ4n) is 1.36. The van der Waals surface area contributed by atoms with Crippen LogP contribution in [0.2, 0.25) is 0 Å². The summed E-state index contributed by atoms with van der Waals surface area (Å²) < 4.78 is 4.50. The third-order valence-electron chi connectivity index (χ3n) is 2.48. The number of ketones is 1. The Hall–Kier alpha value is -0.900. The van der Waals surface area contributed by atoms with Gasteiger partial charge in [-0.25, -0.2) is 0 Å². The highest BCUT2D eigenvalue weighted by Crippen LogP contribution is 2.08. The van der Waals surface area contributed by atoms with E-state index in [-0.39, 0.29) is 5.78 Å². The second-order valence-corrected chi connectivity index (χ2v) is 4.49. The van der Waals surface area contributed by atoms with Gasteiger partial charge in [0.1, 0.15) is 11.8 Å². The van der Waals surface area contributed by atoms with Crippen LogP contribution in [0.1, 0.15) is 46.0 Å². The minimum Gasteiger partial charge on any atom is -0.468 e. The molecule has 4 nitrogen and oxygen atoms in total. The Morgan fingerprint density at radius 2 is 1.81 bits per heavy atom. The average Bonchev–Trinajstić information content (AvgIpc) is 2.24. The summed E-state index contributed by atoms with van der Waals surface area (Å²) in [4.78, 5) is 22.4. The van der Waals surface area contributed by atoms with Crippen molar-refractivity contribution in [2.45, 2.75) is 52.0 Å². The topological polar surface area (TPSA) is 69.4 Å². The smallest absolute Gasteiger partial charge is 0.322 e. The lowest BCUT2D eigenvalue weighted by atomic mass is 10.0. The van der Waals surface area contributed by atoms with Gasteiger partial charge in [0, 0.05) is 12.8 Å². The number of ether oxygens (including phenoxy) is 1. The Labute approximate surface area is 97.5 Å². The van der Waals surface area contributed by atoms with Gasteiger partial charge >= 0.3 is 5.97 Å². The quantitative estimate of drug-likeness (QED) is 0.643. The van der Waals surface area contributed by atoms with Crippen molar-refractivity contribution < 1.29 is 14.3 Å². The molecule has 0 saturated heterocycles. The molecule has 0 fully saturated rings. The molecule has 0 aliphatic rings. The average molecular weight is 229 g/mol. The summed E-state index contributed by atoms with van der Waals surface area (Å²) in [6.07, 6.45) is 3.25. The van der Waals surface area contributed by atoms with E-state index in [1.807, 2.05) is 0 Å². The van der Waals surface area contributed by atoms with E-state index in [4.69, 9.17) is 5.73 Å². The predicted molar refractivity (Wildman–Crippen MR) is 62.9 cm³/mol. The lowest BCUT2D eigenvalue weighted by molar-refractivity contribution is -0.142. The zero-order valence-corrected chi connectivity index (χ0v) is 10.5. The molecule has 4 heteroatoms. The van der Waals surface area contributed by atoms with E-state index in [0.717, 1.165) is 6.42 Å². The second-order valence-electron chi connectivity index (χ2n) is 4.49. The zero-order chi connectivity index (χ0) is 12.6. The highest BCUT2D eigenvalue weighted by atomic mass is 16.5. The molecule has 16 heavy (non-hydrogen) atoms. The maximum atomic E-state index is 11.4. The van der Waals surface area contributed by atoms with Crippen LogP contribution in [0.4, 0.5) is 0 Å². The molecule has 0 saturated carbocycles. The SMILES string of the molecule is COC(=O)C(N)CCCC(=O)CCC(C)C. The van der Waals surface area contributed by atoms with Crippen molar-refractivity contribution in [2.75, 3.05) is 7.11 Å². The van der Waals surface area contributed by atoms with Crippen LogP contribution in [0.25, 0.3) is 0 Å². The molecule has 0 heterocycles. The summed E-state index contributed by atoms with van der Waals surface area (Å²) in [6.45, 7) is 4.20. The van der Waals surface area contributed by atoms with Gasteiger partial charge in [0.05, 0.1) is 7.11 Å². The van der Waals surface area contributed by atoms with E-state index in [1.165, 1.54) is 7.11 Å². The van der Waals surface area contributed by atoms with E-state index >= 15 is 0 Å². The molecule has 0 bridgehead atoms. The van der Waals surface area contributed by atoms with Gasteiger partial charge in [-0.15, -0.1) is 0 Å². The van der Waals surface area contributed by atoms with E-state index in [0.29, 0.717) is 31.6 Å². The van der Waals surface area contributed by atoms with E-state index in [9.17, 15) is 9.59 Å². The normalized spacial score (nSPS) is 12.6. The number of rotatable bonds is 8. The van der Waals surface area contributed by atoms with E-state index in [2.05, 4.69) is 18.6 Å². The summed E-state index contributed by atoms with van der Waals surface area (Å²) >= 11 is 0. The summed E-state index contributed by atoms with van der Waals surface area (Å²) in [5.74, 6) is 0.404. The van der Waals surface area contributed by atoms with Crippen molar-refractivity contribution in [3.05, 3.63) is 0 Å². The molecule has 0 aliphatic carbocycles. The second kappa shape index (κ2) is 8.28. The van der Waals surface area contributed by atoms with Crippen LogP contribution in [0.15, 0.2) is 0 Å². The number of carbonyl (C=O) groups excluding carboxylic acids is 2. The maximum absolute atomic E-state index is 11.4. The highest BCUT2D eigenvalue weighted by Gasteiger charge is 2.13. The first kappa shape index (κ1) is 15.1. The summed E-state index contributed by atoms with van der Waals surface area (Å²) in [5.41, 5.74) is 5.55. The molecule has 0 radical (unpaired) electrons. The van der Waals surface area contributed by atoms with Crippen molar-refractivity contribution in [3.63, 3.8) is 0 Å². The molecule has 0 rings (SSSR count). The summed E-state index contributed by atoms with van der Waals surface area (Å²) in [6, 6.07) is -0.595. The molecule has 0 spiro atoms. The standard InChI is InChI=1S/C12H23NO3/c1-9(2)7-8-10(14)5-4-6-11(13)12(15)16-3/h9,11H,4-8,13H2,1-3H3. The Kier molecular flexibility index (Phi) is 7.81. The molecule has 0 aliphatic heterocycles. The van der Waals surface area contributed by atoms with Crippen LogP contribution >= 0.6 is 0 Å². The molecular weight excluding hydrogens is 206 g/mol. The maximum Gasteiger partial charge on any atom is 0.322 e. The Balaban J connectivity index is 3.58. The predicted octanol–water partition coefficient (Wildman–Crippen LogP) is 1.66. The van der Waals surface area contributed by atoms with Gasteiger partial charge in [0.25, 0.3) is 0 Å². The van der Waals surface area contributed by atoms with Gasteiger partial charge in [-0.1, -0.05) is 13.8 Å². The zero-order valence-electron chi connectivity index (χ0n) is 10.5. The molecule has 0 aromatic heterocycles. The van der Waals surface area contributed by atoms with Crippen LogP contribution in [-0.2, 0) is 14.3 Å². The third kappa shape index (κ3) is 7.40. The molecule has 2 N–H and O–H groups in total. The lowest BCUT2D eigenvalue weighted by Gasteiger charge is -2.08. The van der Waals surface area contributed by atoms with Gasteiger partial charge in [0.2, 0.25) is 0 Å². The van der Waals surface area contributed by atoms with Crippen LogP contribution in [0.3, 0.4) is 0 Å². The molecule has 0 aromatic carbocycles. The minimum absolute atomic E-state index is 0.255. The fraction of sp³-hybridized carbons (Fsp3) is 0.833. The first-order valence-electron chi connectivity index (χ1n) is 5.82. The number of hydrogen-bond acceptors (Lipinski definition) is 4. The van der Waals surface area contributed by atoms with Crippen LogP contribution < -0.4 is 5.73 Å². The van der Waals surface area contributed by atoms with E-state index < -0.39 is 12.0 Å². The summed E-state index contributed by atoms with van der Waals surface area (Å²) in [7, 11) is 1.32. The third-order valence-corrected chi connectivity index (χ3v) is 2.48. The van der Waals surface area contributed by atoms with Crippen molar-refractivity contribution in [1.82, 2.24) is 0 Å². The van der Waals surface area contributed by atoms with Gasteiger partial charge in [-0.05, 0) is 25.2 Å². The first-order chi connectivity index (χ1) is 7.47. The number of Topliss-reactive ketones (excluding diaryl/α,β-unsaturated/α-hetero) is 1. The summed E-state index contributed by atoms with van der Waals surface area (Å²) in [5, 5.41) is 0. The Bertz CT molecular complexity index is 226. The van der Waals surface area contributed by atoms with Gasteiger partial charge in [-0.3, -0.25) is 9.59 Å². The van der Waals surface area contributed by atoms with Crippen molar-refractivity contribution in [3.8, 4) is 0 Å². The number of esters is 1. The van der Waals surface area contributed by atoms with Crippen LogP contribution in [0.5, 0.6) is 0 Å². The lowest BCUT2D eigenvalue weighted by Crippen LogP contribution is -2.31. The van der Waals surface area contributed by atoms with Crippen molar-refractivity contribution in [1.29, 1.82) is 0 Å². The molecule has 0 amide bonds. The van der Waals surface area contributed by atoms with Crippen molar-refractivity contribution in [2.24, 2.45) is 11.7 Å². The molecule has 0 aromatic rings. The molecule has 1 unspecified atom stereocenters.